The molecule has 6 fully saturated rings. The van der Waals surface area contributed by atoms with Crippen LogP contribution in [0.15, 0.2) is 0 Å². The standard InChI is InChI=1S/C16H19BrO5/c1-12-6-19-8-9(12)13(2,5-17)22-15(12)4-7-16(21-7)11(18)20-10(8)14(15,16)3/h7-10H,4-6H2,1-3H3/t7-,8?,9?,10?,12?,13-,14?,15?,16+/m1/s1. The second-order valence-electron chi connectivity index (χ2n) is 8.62. The van der Waals surface area contributed by atoms with Gasteiger partial charge in [-0.2, -0.15) is 0 Å². The van der Waals surface area contributed by atoms with E-state index in [2.05, 4.69) is 36.7 Å². The molecule has 2 aliphatic carbocycles. The molecule has 2 spiro atoms. The molecular formula is C16H19BrO5. The molecule has 5 nitrogen and oxygen atoms in total. The molecule has 4 saturated heterocycles. The Labute approximate surface area is 137 Å². The van der Waals surface area contributed by atoms with Crippen LogP contribution in [-0.2, 0) is 23.7 Å². The van der Waals surface area contributed by atoms with Crippen molar-refractivity contribution in [2.45, 2.75) is 62.3 Å². The third-order valence-corrected chi connectivity index (χ3v) is 9.17. The Kier molecular flexibility index (Phi) is 1.82. The van der Waals surface area contributed by atoms with Crippen molar-refractivity contribution in [3.63, 3.8) is 0 Å². The van der Waals surface area contributed by atoms with E-state index in [1.54, 1.807) is 0 Å². The van der Waals surface area contributed by atoms with E-state index < -0.39 is 16.6 Å². The zero-order chi connectivity index (χ0) is 15.3. The minimum Gasteiger partial charge on any atom is -0.457 e. The first-order chi connectivity index (χ1) is 10.3. The largest absolute Gasteiger partial charge is 0.457 e. The van der Waals surface area contributed by atoms with E-state index in [4.69, 9.17) is 18.9 Å². The van der Waals surface area contributed by atoms with Gasteiger partial charge in [0.1, 0.15) is 18.3 Å². The first kappa shape index (κ1) is 13.2. The quantitative estimate of drug-likeness (QED) is 0.397. The summed E-state index contributed by atoms with van der Waals surface area (Å²) in [5.41, 5.74) is -2.03. The molecule has 6 unspecified atom stereocenters. The van der Waals surface area contributed by atoms with E-state index >= 15 is 0 Å². The van der Waals surface area contributed by atoms with E-state index in [9.17, 15) is 4.79 Å². The predicted molar refractivity (Wildman–Crippen MR) is 77.6 cm³/mol. The van der Waals surface area contributed by atoms with E-state index in [1.165, 1.54) is 0 Å². The number of halogens is 1. The minimum atomic E-state index is -0.784. The van der Waals surface area contributed by atoms with Crippen molar-refractivity contribution in [1.29, 1.82) is 0 Å². The van der Waals surface area contributed by atoms with Crippen molar-refractivity contribution in [2.24, 2.45) is 16.7 Å². The fourth-order valence-corrected chi connectivity index (χ4v) is 7.75. The first-order valence-corrected chi connectivity index (χ1v) is 9.20. The summed E-state index contributed by atoms with van der Waals surface area (Å²) >= 11 is 3.66. The van der Waals surface area contributed by atoms with Crippen LogP contribution in [0.1, 0.15) is 27.2 Å². The van der Waals surface area contributed by atoms with Gasteiger partial charge in [0.15, 0.2) is 0 Å². The molecule has 6 rings (SSSR count). The summed E-state index contributed by atoms with van der Waals surface area (Å²) in [6, 6.07) is 0. The van der Waals surface area contributed by atoms with Gasteiger partial charge < -0.3 is 18.9 Å². The van der Waals surface area contributed by atoms with Crippen LogP contribution >= 0.6 is 15.9 Å². The predicted octanol–water partition coefficient (Wildman–Crippen LogP) is 1.42. The summed E-state index contributed by atoms with van der Waals surface area (Å²) in [7, 11) is 0. The number of carbonyl (C=O) groups is 1. The first-order valence-electron chi connectivity index (χ1n) is 8.07. The van der Waals surface area contributed by atoms with Gasteiger partial charge in [0, 0.05) is 23.1 Å². The van der Waals surface area contributed by atoms with Crippen LogP contribution < -0.4 is 0 Å². The number of ether oxygens (including phenoxy) is 4. The van der Waals surface area contributed by atoms with Gasteiger partial charge in [-0.15, -0.1) is 0 Å². The number of alkyl halides is 1. The summed E-state index contributed by atoms with van der Waals surface area (Å²) in [5, 5.41) is 0.761. The third-order valence-electron chi connectivity index (χ3n) is 8.06. The summed E-state index contributed by atoms with van der Waals surface area (Å²) in [5.74, 6) is 0.0364. The number of fused-ring (bicyclic) bond motifs is 1. The summed E-state index contributed by atoms with van der Waals surface area (Å²) in [4.78, 5) is 12.6. The molecule has 6 heteroatoms. The lowest BCUT2D eigenvalue weighted by Gasteiger charge is -2.53. The topological polar surface area (TPSA) is 57.3 Å². The molecule has 0 aromatic heterocycles. The van der Waals surface area contributed by atoms with E-state index in [0.717, 1.165) is 11.8 Å². The van der Waals surface area contributed by atoms with Gasteiger partial charge in [0.2, 0.25) is 5.60 Å². The molecule has 0 amide bonds. The van der Waals surface area contributed by atoms with Gasteiger partial charge in [-0.1, -0.05) is 22.9 Å². The lowest BCUT2D eigenvalue weighted by atomic mass is 9.48. The highest BCUT2D eigenvalue weighted by Crippen LogP contribution is 2.84. The monoisotopic (exact) mass is 370 g/mol. The number of hydrogen-bond acceptors (Lipinski definition) is 5. The maximum absolute atomic E-state index is 12.6. The number of esters is 1. The third kappa shape index (κ3) is 0.834. The molecule has 0 radical (unpaired) electrons. The average molecular weight is 371 g/mol. The lowest BCUT2D eigenvalue weighted by Crippen LogP contribution is -2.66. The van der Waals surface area contributed by atoms with Crippen molar-refractivity contribution >= 4 is 21.9 Å². The van der Waals surface area contributed by atoms with Crippen LogP contribution in [0.5, 0.6) is 0 Å². The average Bonchev–Trinajstić information content (AvgIpc) is 2.88. The molecule has 2 saturated carbocycles. The van der Waals surface area contributed by atoms with Crippen LogP contribution in [0.3, 0.4) is 0 Å². The second kappa shape index (κ2) is 3.05. The summed E-state index contributed by atoms with van der Waals surface area (Å²) in [6.45, 7) is 7.28. The smallest absolute Gasteiger partial charge is 0.342 e. The maximum atomic E-state index is 12.6. The second-order valence-corrected chi connectivity index (χ2v) is 9.18. The Morgan fingerprint density at radius 1 is 1.32 bits per heavy atom. The fourth-order valence-electron chi connectivity index (χ4n) is 7.29. The van der Waals surface area contributed by atoms with Crippen molar-refractivity contribution in [3.8, 4) is 0 Å². The summed E-state index contributed by atoms with van der Waals surface area (Å²) < 4.78 is 24.8. The van der Waals surface area contributed by atoms with Crippen molar-refractivity contribution in [1.82, 2.24) is 0 Å². The number of rotatable bonds is 1. The Morgan fingerprint density at radius 3 is 2.82 bits per heavy atom. The highest BCUT2D eigenvalue weighted by Gasteiger charge is 2.99. The van der Waals surface area contributed by atoms with Gasteiger partial charge in [-0.3, -0.25) is 0 Å². The molecule has 4 bridgehead atoms. The maximum Gasteiger partial charge on any atom is 0.342 e. The normalized spacial score (nSPS) is 72.3. The molecule has 22 heavy (non-hydrogen) atoms. The Hall–Kier alpha value is -0.170. The molecule has 0 aromatic carbocycles. The van der Waals surface area contributed by atoms with Gasteiger partial charge in [0.25, 0.3) is 0 Å². The van der Waals surface area contributed by atoms with E-state index in [0.29, 0.717) is 6.61 Å². The van der Waals surface area contributed by atoms with Crippen molar-refractivity contribution in [2.75, 3.05) is 11.9 Å². The highest BCUT2D eigenvalue weighted by atomic mass is 79.9. The zero-order valence-electron chi connectivity index (χ0n) is 12.8. The Bertz CT molecular complexity index is 654. The molecular weight excluding hydrogens is 352 g/mol. The SMILES string of the molecule is CC12COC3C4OC(=O)[C@@]56O[C@@H]5CC1(O[C@](C)(CBr)C32)C46C. The van der Waals surface area contributed by atoms with Crippen LogP contribution in [0.25, 0.3) is 0 Å². The Balaban J connectivity index is 1.69. The zero-order valence-corrected chi connectivity index (χ0v) is 14.4. The van der Waals surface area contributed by atoms with Gasteiger partial charge >= 0.3 is 5.97 Å². The van der Waals surface area contributed by atoms with Crippen LogP contribution in [0.2, 0.25) is 0 Å². The van der Waals surface area contributed by atoms with Crippen molar-refractivity contribution < 1.29 is 23.7 Å². The molecule has 4 heterocycles. The highest BCUT2D eigenvalue weighted by molar-refractivity contribution is 9.09. The van der Waals surface area contributed by atoms with Gasteiger partial charge in [-0.05, 0) is 13.8 Å². The minimum absolute atomic E-state index is 0.0514. The Morgan fingerprint density at radius 2 is 2.09 bits per heavy atom. The van der Waals surface area contributed by atoms with E-state index in [1.807, 2.05) is 0 Å². The molecule has 6 aliphatic rings. The summed E-state index contributed by atoms with van der Waals surface area (Å²) in [6.07, 6.45) is 0.374. The number of epoxide rings is 1. The molecule has 120 valence electrons. The fraction of sp³-hybridized carbons (Fsp3) is 0.938. The van der Waals surface area contributed by atoms with E-state index in [-0.39, 0.29) is 41.2 Å². The van der Waals surface area contributed by atoms with Crippen LogP contribution in [-0.4, -0.2) is 53.0 Å². The van der Waals surface area contributed by atoms with Crippen LogP contribution in [0, 0.1) is 16.7 Å². The molecule has 4 aliphatic heterocycles. The molecule has 0 N–H and O–H groups in total. The lowest BCUT2D eigenvalue weighted by molar-refractivity contribution is -0.204. The number of hydrogen-bond donors (Lipinski definition) is 0. The molecule has 0 aromatic rings. The van der Waals surface area contributed by atoms with Crippen molar-refractivity contribution in [3.05, 3.63) is 0 Å². The van der Waals surface area contributed by atoms with Crippen LogP contribution in [0.4, 0.5) is 0 Å². The molecule has 9 atom stereocenters. The number of carbonyl (C=O) groups excluding carboxylic acids is 1. The van der Waals surface area contributed by atoms with Gasteiger partial charge in [0.05, 0.1) is 23.2 Å². The van der Waals surface area contributed by atoms with Gasteiger partial charge in [-0.25, -0.2) is 4.79 Å².